The van der Waals surface area contributed by atoms with Gasteiger partial charge in [-0.25, -0.2) is 4.79 Å². The van der Waals surface area contributed by atoms with E-state index in [1.165, 1.54) is 0 Å². The highest BCUT2D eigenvalue weighted by Gasteiger charge is 2.37. The van der Waals surface area contributed by atoms with Crippen molar-refractivity contribution >= 4 is 6.03 Å². The minimum atomic E-state index is -0.0215. The number of ether oxygens (including phenoxy) is 2. The first-order valence-corrected chi connectivity index (χ1v) is 8.18. The van der Waals surface area contributed by atoms with E-state index in [-0.39, 0.29) is 24.2 Å². The molecule has 1 saturated heterocycles. The van der Waals surface area contributed by atoms with Crippen LogP contribution >= 0.6 is 0 Å². The van der Waals surface area contributed by atoms with E-state index in [2.05, 4.69) is 10.3 Å². The molecule has 0 saturated carbocycles. The van der Waals surface area contributed by atoms with Crippen molar-refractivity contribution in [2.75, 3.05) is 26.9 Å². The molecule has 6 heteroatoms. The van der Waals surface area contributed by atoms with E-state index in [1.807, 2.05) is 37.1 Å². The van der Waals surface area contributed by atoms with Crippen molar-refractivity contribution in [3.8, 4) is 0 Å². The highest BCUT2D eigenvalue weighted by atomic mass is 16.5. The molecule has 128 valence electrons. The van der Waals surface area contributed by atoms with Crippen LogP contribution in [-0.2, 0) is 15.9 Å². The summed E-state index contributed by atoms with van der Waals surface area (Å²) in [5, 5.41) is 2.98. The van der Waals surface area contributed by atoms with Crippen LogP contribution in [0.25, 0.3) is 0 Å². The Kier molecular flexibility index (Phi) is 6.80. The van der Waals surface area contributed by atoms with Crippen LogP contribution in [0.15, 0.2) is 24.5 Å². The summed E-state index contributed by atoms with van der Waals surface area (Å²) in [5.74, 6) is 0. The van der Waals surface area contributed by atoms with Crippen molar-refractivity contribution in [3.63, 3.8) is 0 Å². The molecule has 0 bridgehead atoms. The van der Waals surface area contributed by atoms with E-state index in [1.54, 1.807) is 13.3 Å². The average Bonchev–Trinajstić information content (AvgIpc) is 2.91. The molecule has 0 aliphatic carbocycles. The quantitative estimate of drug-likeness (QED) is 0.779. The highest BCUT2D eigenvalue weighted by Crippen LogP contribution is 2.24. The standard InChI is InChI=1S/C17H27N3O3/c1-13(2)19-17(21)20-8-6-16(23-10-9-22-3)15(20)11-14-5-4-7-18-12-14/h4-5,7,12-13,15-16H,6,8-11H2,1-3H3,(H,19,21)/t15-,16-/m1/s1. The van der Waals surface area contributed by atoms with Crippen LogP contribution in [0, 0.1) is 0 Å². The lowest BCUT2D eigenvalue weighted by Gasteiger charge is -2.29. The van der Waals surface area contributed by atoms with E-state index in [4.69, 9.17) is 9.47 Å². The molecule has 0 spiro atoms. The van der Waals surface area contributed by atoms with Gasteiger partial charge >= 0.3 is 6.03 Å². The fourth-order valence-corrected chi connectivity index (χ4v) is 2.89. The first-order chi connectivity index (χ1) is 11.1. The number of nitrogens with one attached hydrogen (secondary N) is 1. The smallest absolute Gasteiger partial charge is 0.317 e. The third-order valence-corrected chi connectivity index (χ3v) is 3.94. The fourth-order valence-electron chi connectivity index (χ4n) is 2.89. The molecule has 2 rings (SSSR count). The van der Waals surface area contributed by atoms with Gasteiger partial charge in [-0.1, -0.05) is 6.07 Å². The van der Waals surface area contributed by atoms with Crippen molar-refractivity contribution in [3.05, 3.63) is 30.1 Å². The molecule has 1 fully saturated rings. The molecule has 2 atom stereocenters. The van der Waals surface area contributed by atoms with Crippen molar-refractivity contribution in [1.29, 1.82) is 0 Å². The van der Waals surface area contributed by atoms with E-state index in [9.17, 15) is 4.79 Å². The third-order valence-electron chi connectivity index (χ3n) is 3.94. The fraction of sp³-hybridized carbons (Fsp3) is 0.647. The van der Waals surface area contributed by atoms with E-state index < -0.39 is 0 Å². The SMILES string of the molecule is COCCO[C@@H]1CCN(C(=O)NC(C)C)[C@@H]1Cc1cccnc1. The number of amides is 2. The van der Waals surface area contributed by atoms with Crippen LogP contribution in [-0.4, -0.2) is 61.0 Å². The zero-order valence-electron chi connectivity index (χ0n) is 14.2. The monoisotopic (exact) mass is 321 g/mol. The molecule has 2 heterocycles. The number of nitrogens with zero attached hydrogens (tertiary/aromatic N) is 2. The molecule has 0 aromatic carbocycles. The summed E-state index contributed by atoms with van der Waals surface area (Å²) in [6, 6.07) is 4.08. The number of rotatable bonds is 7. The van der Waals surface area contributed by atoms with Crippen molar-refractivity contribution in [2.45, 2.75) is 44.9 Å². The molecule has 1 aromatic rings. The molecule has 1 N–H and O–H groups in total. The Hall–Kier alpha value is -1.66. The summed E-state index contributed by atoms with van der Waals surface area (Å²) in [7, 11) is 1.66. The minimum absolute atomic E-state index is 0.0215. The highest BCUT2D eigenvalue weighted by molar-refractivity contribution is 5.75. The summed E-state index contributed by atoms with van der Waals surface area (Å²) < 4.78 is 11.0. The van der Waals surface area contributed by atoms with Crippen LogP contribution in [0.5, 0.6) is 0 Å². The second-order valence-corrected chi connectivity index (χ2v) is 6.12. The molecule has 6 nitrogen and oxygen atoms in total. The normalized spacial score (nSPS) is 21.0. The second-order valence-electron chi connectivity index (χ2n) is 6.12. The number of methoxy groups -OCH3 is 1. The van der Waals surface area contributed by atoms with Gasteiger partial charge in [0.25, 0.3) is 0 Å². The number of carbonyl (C=O) groups is 1. The van der Waals surface area contributed by atoms with Gasteiger partial charge in [-0.3, -0.25) is 4.98 Å². The van der Waals surface area contributed by atoms with Crippen LogP contribution < -0.4 is 5.32 Å². The van der Waals surface area contributed by atoms with Gasteiger partial charge in [0.05, 0.1) is 25.4 Å². The third kappa shape index (κ3) is 5.18. The van der Waals surface area contributed by atoms with Gasteiger partial charge in [0.2, 0.25) is 0 Å². The maximum Gasteiger partial charge on any atom is 0.317 e. The summed E-state index contributed by atoms with van der Waals surface area (Å²) in [6.07, 6.45) is 5.23. The summed E-state index contributed by atoms with van der Waals surface area (Å²) in [5.41, 5.74) is 1.11. The number of carbonyl (C=O) groups excluding carboxylic acids is 1. The molecule has 2 amide bonds. The van der Waals surface area contributed by atoms with Gasteiger partial charge in [0.15, 0.2) is 0 Å². The predicted octanol–water partition coefficient (Wildman–Crippen LogP) is 1.85. The Labute approximate surface area is 138 Å². The number of pyridine rings is 1. The number of hydrogen-bond acceptors (Lipinski definition) is 4. The molecule has 0 unspecified atom stereocenters. The Morgan fingerprint density at radius 3 is 2.96 bits per heavy atom. The van der Waals surface area contributed by atoms with Crippen LogP contribution in [0.1, 0.15) is 25.8 Å². The summed E-state index contributed by atoms with van der Waals surface area (Å²) >= 11 is 0. The number of aromatic nitrogens is 1. The van der Waals surface area contributed by atoms with Gasteiger partial charge in [-0.2, -0.15) is 0 Å². The van der Waals surface area contributed by atoms with Gasteiger partial charge < -0.3 is 19.7 Å². The maximum atomic E-state index is 12.5. The first kappa shape index (κ1) is 17.7. The molecule has 1 aliphatic rings. The number of urea groups is 1. The Morgan fingerprint density at radius 2 is 2.30 bits per heavy atom. The van der Waals surface area contributed by atoms with E-state index >= 15 is 0 Å². The molecule has 0 radical (unpaired) electrons. The predicted molar refractivity (Wildman–Crippen MR) is 88.3 cm³/mol. The minimum Gasteiger partial charge on any atom is -0.382 e. The average molecular weight is 321 g/mol. The van der Waals surface area contributed by atoms with Gasteiger partial charge in [-0.15, -0.1) is 0 Å². The zero-order chi connectivity index (χ0) is 16.7. The topological polar surface area (TPSA) is 63.7 Å². The molecule has 1 aliphatic heterocycles. The zero-order valence-corrected chi connectivity index (χ0v) is 14.2. The van der Waals surface area contributed by atoms with Gasteiger partial charge in [0, 0.05) is 32.1 Å². The lowest BCUT2D eigenvalue weighted by molar-refractivity contribution is 0.00325. The van der Waals surface area contributed by atoms with Gasteiger partial charge in [0.1, 0.15) is 0 Å². The molecular weight excluding hydrogens is 294 g/mol. The Morgan fingerprint density at radius 1 is 1.48 bits per heavy atom. The summed E-state index contributed by atoms with van der Waals surface area (Å²) in [4.78, 5) is 18.5. The lowest BCUT2D eigenvalue weighted by atomic mass is 10.0. The van der Waals surface area contributed by atoms with E-state index in [0.29, 0.717) is 19.8 Å². The van der Waals surface area contributed by atoms with Crippen molar-refractivity contribution in [2.24, 2.45) is 0 Å². The number of likely N-dealkylation sites (tertiary alicyclic amines) is 1. The van der Waals surface area contributed by atoms with Crippen LogP contribution in [0.3, 0.4) is 0 Å². The van der Waals surface area contributed by atoms with Crippen molar-refractivity contribution < 1.29 is 14.3 Å². The molecule has 1 aromatic heterocycles. The Bertz CT molecular complexity index is 481. The second kappa shape index (κ2) is 8.84. The molecule has 23 heavy (non-hydrogen) atoms. The molecular formula is C17H27N3O3. The van der Waals surface area contributed by atoms with Gasteiger partial charge in [-0.05, 0) is 38.3 Å². The summed E-state index contributed by atoms with van der Waals surface area (Å²) in [6.45, 7) is 5.76. The van der Waals surface area contributed by atoms with Crippen LogP contribution in [0.4, 0.5) is 4.79 Å². The first-order valence-electron chi connectivity index (χ1n) is 8.18. The number of hydrogen-bond donors (Lipinski definition) is 1. The van der Waals surface area contributed by atoms with Crippen molar-refractivity contribution in [1.82, 2.24) is 15.2 Å². The Balaban J connectivity index is 2.06. The van der Waals surface area contributed by atoms with E-state index in [0.717, 1.165) is 18.4 Å². The largest absolute Gasteiger partial charge is 0.382 e. The van der Waals surface area contributed by atoms with Crippen LogP contribution in [0.2, 0.25) is 0 Å². The lowest BCUT2D eigenvalue weighted by Crippen LogP contribution is -2.48. The maximum absolute atomic E-state index is 12.5.